The smallest absolute Gasteiger partial charge is 0.214 e. The number of imidazole rings is 1. The molecule has 2 aromatic carbocycles. The maximum Gasteiger partial charge on any atom is 0.214 e. The largest absolute Gasteiger partial charge is 0.473 e. The molecule has 4 aromatic rings. The number of fused-ring (bicyclic) bond motifs is 1. The molecule has 2 aromatic heterocycles. The first-order valence-electron chi connectivity index (χ1n) is 11.5. The molecule has 0 saturated carbocycles. The van der Waals surface area contributed by atoms with Gasteiger partial charge >= 0.3 is 0 Å². The van der Waals surface area contributed by atoms with Gasteiger partial charge in [-0.2, -0.15) is 0 Å². The quantitative estimate of drug-likeness (QED) is 0.377. The van der Waals surface area contributed by atoms with E-state index in [1.54, 1.807) is 18.2 Å². The third-order valence-corrected chi connectivity index (χ3v) is 6.46. The van der Waals surface area contributed by atoms with Crippen LogP contribution >= 0.6 is 11.6 Å². The summed E-state index contributed by atoms with van der Waals surface area (Å²) < 4.78 is 21.6. The number of benzene rings is 2. The Kier molecular flexibility index (Phi) is 6.81. The Labute approximate surface area is 208 Å². The van der Waals surface area contributed by atoms with Crippen LogP contribution < -0.4 is 4.74 Å². The molecule has 0 spiro atoms. The Morgan fingerprint density at radius 3 is 2.77 bits per heavy atom. The first-order valence-corrected chi connectivity index (χ1v) is 11.9. The van der Waals surface area contributed by atoms with Crippen molar-refractivity contribution in [2.75, 3.05) is 13.1 Å². The fourth-order valence-electron chi connectivity index (χ4n) is 4.32. The molecule has 0 atom stereocenters. The molecule has 0 aliphatic carbocycles. The monoisotopic (exact) mass is 492 g/mol. The molecule has 0 unspecified atom stereocenters. The normalized spacial score (nSPS) is 14.3. The van der Waals surface area contributed by atoms with Crippen LogP contribution in [0.25, 0.3) is 16.6 Å². The van der Waals surface area contributed by atoms with Gasteiger partial charge in [-0.25, -0.2) is 14.4 Å². The van der Waals surface area contributed by atoms with Crippen LogP contribution in [0, 0.1) is 12.7 Å². The lowest BCUT2D eigenvalue weighted by atomic mass is 10.0. The molecule has 180 valence electrons. The number of pyridine rings is 1. The molecular formula is C27H26ClFN4O2. The van der Waals surface area contributed by atoms with Crippen molar-refractivity contribution < 1.29 is 14.2 Å². The maximum absolute atomic E-state index is 14.0. The molecule has 0 bridgehead atoms. The minimum Gasteiger partial charge on any atom is -0.473 e. The van der Waals surface area contributed by atoms with Crippen molar-refractivity contribution in [3.63, 3.8) is 0 Å². The summed E-state index contributed by atoms with van der Waals surface area (Å²) in [7, 11) is 0. The van der Waals surface area contributed by atoms with Gasteiger partial charge in [-0.3, -0.25) is 4.90 Å². The number of aryl methyl sites for hydroxylation is 1. The minimum absolute atomic E-state index is 0.0810. The van der Waals surface area contributed by atoms with Gasteiger partial charge in [-0.15, -0.1) is 0 Å². The maximum atomic E-state index is 14.0. The van der Waals surface area contributed by atoms with Crippen molar-refractivity contribution in [3.8, 4) is 5.88 Å². The molecule has 35 heavy (non-hydrogen) atoms. The van der Waals surface area contributed by atoms with Gasteiger partial charge in [0.05, 0.1) is 23.3 Å². The summed E-state index contributed by atoms with van der Waals surface area (Å²) in [6.07, 6.45) is 3.01. The topological polar surface area (TPSA) is 63.4 Å². The van der Waals surface area contributed by atoms with E-state index < -0.39 is 5.82 Å². The number of aliphatic hydroxyl groups is 1. The Balaban J connectivity index is 1.25. The molecule has 1 aliphatic heterocycles. The van der Waals surface area contributed by atoms with Crippen LogP contribution in [0.5, 0.6) is 5.88 Å². The number of rotatable bonds is 7. The van der Waals surface area contributed by atoms with Crippen LogP contribution in [-0.4, -0.2) is 37.6 Å². The molecular weight excluding hydrogens is 467 g/mol. The fraction of sp³-hybridized carbons (Fsp3) is 0.259. The van der Waals surface area contributed by atoms with Crippen LogP contribution in [-0.2, 0) is 19.9 Å². The Morgan fingerprint density at radius 1 is 1.11 bits per heavy atom. The molecule has 0 radical (unpaired) electrons. The van der Waals surface area contributed by atoms with Crippen molar-refractivity contribution in [1.29, 1.82) is 0 Å². The van der Waals surface area contributed by atoms with Gasteiger partial charge in [0.1, 0.15) is 25.0 Å². The van der Waals surface area contributed by atoms with E-state index in [1.165, 1.54) is 6.07 Å². The second kappa shape index (κ2) is 10.2. The second-order valence-corrected chi connectivity index (χ2v) is 9.13. The highest BCUT2D eigenvalue weighted by molar-refractivity contribution is 6.30. The number of nitrogens with zero attached hydrogens (tertiary/aromatic N) is 4. The van der Waals surface area contributed by atoms with Crippen LogP contribution in [0.4, 0.5) is 4.39 Å². The van der Waals surface area contributed by atoms with Crippen molar-refractivity contribution in [3.05, 3.63) is 94.2 Å². The van der Waals surface area contributed by atoms with Crippen molar-refractivity contribution >= 4 is 28.2 Å². The van der Waals surface area contributed by atoms with Crippen molar-refractivity contribution in [2.24, 2.45) is 0 Å². The average Bonchev–Trinajstić information content (AvgIpc) is 3.20. The molecule has 1 aliphatic rings. The number of halogens is 2. The van der Waals surface area contributed by atoms with Crippen LogP contribution in [0.2, 0.25) is 5.02 Å². The van der Waals surface area contributed by atoms with E-state index >= 15 is 0 Å². The van der Waals surface area contributed by atoms with Gasteiger partial charge in [-0.1, -0.05) is 35.9 Å². The zero-order valence-corrected chi connectivity index (χ0v) is 20.2. The number of hydrogen-bond acceptors (Lipinski definition) is 5. The van der Waals surface area contributed by atoms with E-state index in [0.29, 0.717) is 23.0 Å². The van der Waals surface area contributed by atoms with E-state index in [1.807, 2.05) is 41.8 Å². The minimum atomic E-state index is -0.395. The summed E-state index contributed by atoms with van der Waals surface area (Å²) in [6.45, 7) is 4.28. The lowest BCUT2D eigenvalue weighted by Gasteiger charge is -2.26. The predicted molar refractivity (Wildman–Crippen MR) is 135 cm³/mol. The van der Waals surface area contributed by atoms with E-state index in [4.69, 9.17) is 21.3 Å². The standard InChI is InChI=1S/C27H26ClFN4O2/c1-18-5-8-25-24(13-18)30-26(33(25)17-34)15-32-11-9-19(10-12-32)23-3-2-4-27(31-23)35-16-20-6-7-21(28)14-22(20)29/h2-9,13-14,34H,10-12,15-17H2,1H3. The first kappa shape index (κ1) is 23.5. The second-order valence-electron chi connectivity index (χ2n) is 8.69. The highest BCUT2D eigenvalue weighted by atomic mass is 35.5. The van der Waals surface area contributed by atoms with Gasteiger partial charge < -0.3 is 14.4 Å². The van der Waals surface area contributed by atoms with Gasteiger partial charge in [0.15, 0.2) is 0 Å². The van der Waals surface area contributed by atoms with E-state index in [-0.39, 0.29) is 13.3 Å². The lowest BCUT2D eigenvalue weighted by Crippen LogP contribution is -2.29. The molecule has 5 rings (SSSR count). The fourth-order valence-corrected chi connectivity index (χ4v) is 4.48. The highest BCUT2D eigenvalue weighted by Crippen LogP contribution is 2.25. The highest BCUT2D eigenvalue weighted by Gasteiger charge is 2.18. The third-order valence-electron chi connectivity index (χ3n) is 6.23. The molecule has 1 N–H and O–H groups in total. The molecule has 3 heterocycles. The average molecular weight is 493 g/mol. The summed E-state index contributed by atoms with van der Waals surface area (Å²) in [5.41, 5.74) is 5.43. The van der Waals surface area contributed by atoms with Crippen LogP contribution in [0.3, 0.4) is 0 Å². The number of hydrogen-bond donors (Lipinski definition) is 1. The summed E-state index contributed by atoms with van der Waals surface area (Å²) in [5, 5.41) is 10.3. The van der Waals surface area contributed by atoms with E-state index in [9.17, 15) is 9.50 Å². The summed E-state index contributed by atoms with van der Waals surface area (Å²) in [6, 6.07) is 16.3. The molecule has 0 fully saturated rings. The summed E-state index contributed by atoms with van der Waals surface area (Å²) >= 11 is 5.82. The summed E-state index contributed by atoms with van der Waals surface area (Å²) in [4.78, 5) is 11.7. The van der Waals surface area contributed by atoms with Gasteiger partial charge in [0, 0.05) is 29.7 Å². The summed E-state index contributed by atoms with van der Waals surface area (Å²) in [5.74, 6) is 0.911. The molecule has 0 amide bonds. The van der Waals surface area contributed by atoms with Crippen molar-refractivity contribution in [2.45, 2.75) is 33.2 Å². The lowest BCUT2D eigenvalue weighted by molar-refractivity contribution is 0.201. The van der Waals surface area contributed by atoms with Crippen molar-refractivity contribution in [1.82, 2.24) is 19.4 Å². The number of aliphatic hydroxyl groups excluding tert-OH is 1. The van der Waals surface area contributed by atoms with E-state index in [0.717, 1.165) is 53.2 Å². The molecule has 8 heteroatoms. The Morgan fingerprint density at radius 2 is 2.00 bits per heavy atom. The molecule has 0 saturated heterocycles. The predicted octanol–water partition coefficient (Wildman–Crippen LogP) is 5.35. The zero-order valence-electron chi connectivity index (χ0n) is 19.4. The third kappa shape index (κ3) is 5.22. The number of ether oxygens (including phenoxy) is 1. The first-order chi connectivity index (χ1) is 17.0. The Bertz CT molecular complexity index is 1400. The van der Waals surface area contributed by atoms with Crippen LogP contribution in [0.15, 0.2) is 60.7 Å². The SMILES string of the molecule is Cc1ccc2c(c1)nc(CN1CC=C(c3cccc(OCc4ccc(Cl)cc4F)n3)CC1)n2CO. The van der Waals surface area contributed by atoms with Gasteiger partial charge in [0.25, 0.3) is 0 Å². The van der Waals surface area contributed by atoms with Gasteiger partial charge in [0.2, 0.25) is 5.88 Å². The van der Waals surface area contributed by atoms with Crippen LogP contribution in [0.1, 0.15) is 29.1 Å². The Hall–Kier alpha value is -3.26. The molecule has 6 nitrogen and oxygen atoms in total. The number of aromatic nitrogens is 3. The zero-order chi connectivity index (χ0) is 24.4. The van der Waals surface area contributed by atoms with Gasteiger partial charge in [-0.05, 0) is 54.8 Å². The van der Waals surface area contributed by atoms with E-state index in [2.05, 4.69) is 16.0 Å².